The summed E-state index contributed by atoms with van der Waals surface area (Å²) < 4.78 is 9.07. The van der Waals surface area contributed by atoms with Crippen LogP contribution < -0.4 is 5.56 Å². The van der Waals surface area contributed by atoms with E-state index in [4.69, 9.17) is 15.0 Å². The fourth-order valence-electron chi connectivity index (χ4n) is 13.7. The van der Waals surface area contributed by atoms with Gasteiger partial charge in [0.05, 0.1) is 45.7 Å². The van der Waals surface area contributed by atoms with Crippen molar-refractivity contribution < 1.29 is 56.2 Å². The van der Waals surface area contributed by atoms with E-state index in [1.807, 2.05) is 85.1 Å². The van der Waals surface area contributed by atoms with Gasteiger partial charge in [-0.15, -0.1) is 0 Å². The fourth-order valence-corrected chi connectivity index (χ4v) is 14.2. The number of fused-ring (bicyclic) bond motifs is 8. The van der Waals surface area contributed by atoms with Gasteiger partial charge in [-0.3, -0.25) is 27.5 Å². The summed E-state index contributed by atoms with van der Waals surface area (Å²) in [5.41, 5.74) is 17.2. The summed E-state index contributed by atoms with van der Waals surface area (Å²) in [6.07, 6.45) is 11.7. The maximum atomic E-state index is 13.3. The minimum atomic E-state index is -0.172. The highest BCUT2D eigenvalue weighted by Gasteiger charge is 2.24. The number of aromatic nitrogens is 12. The zero-order valence-electron chi connectivity index (χ0n) is 62.0. The molecular weight excluding hydrogens is 1540 g/mol. The Balaban J connectivity index is 0.000000118. The van der Waals surface area contributed by atoms with Crippen molar-refractivity contribution in [3.63, 3.8) is 0 Å². The van der Waals surface area contributed by atoms with Crippen molar-refractivity contribution in [2.24, 2.45) is 0 Å². The highest BCUT2D eigenvalue weighted by Crippen LogP contribution is 2.36. The zero-order chi connectivity index (χ0) is 81.0. The quantitative estimate of drug-likeness (QED) is 0.0425. The molecule has 0 saturated heterocycles. The summed E-state index contributed by atoms with van der Waals surface area (Å²) in [5.74, 6) is 2.26. The summed E-state index contributed by atoms with van der Waals surface area (Å²) in [4.78, 5) is 45.5. The number of aryl methyl sites for hydroxylation is 2. The van der Waals surface area contributed by atoms with E-state index in [2.05, 4.69) is 52.4 Å². The fraction of sp³-hybridized carbons (Fsp3) is 0.0652. The summed E-state index contributed by atoms with van der Waals surface area (Å²) in [7, 11) is 0. The number of phenolic OH excluding ortho intramolecular Hbond substituents is 8. The van der Waals surface area contributed by atoms with Crippen molar-refractivity contribution in [1.82, 2.24) is 57.1 Å². The van der Waals surface area contributed by atoms with E-state index in [9.17, 15) is 61.0 Å². The molecule has 11 N–H and O–H groups in total. The van der Waals surface area contributed by atoms with Gasteiger partial charge < -0.3 is 60.6 Å². The topological polar surface area (TPSA) is 352 Å². The number of para-hydroxylation sites is 1. The Morgan fingerprint density at radius 2 is 0.709 bits per heavy atom. The van der Waals surface area contributed by atoms with Crippen LogP contribution in [0.15, 0.2) is 301 Å². The van der Waals surface area contributed by atoms with Crippen molar-refractivity contribution in [2.75, 3.05) is 0 Å². The number of pyridine rings is 1. The highest BCUT2D eigenvalue weighted by molar-refractivity contribution is 9.10. The number of nitrogens with zero attached hydrogens (tertiary/aromatic N) is 12. The molecule has 117 heavy (non-hydrogen) atoms. The van der Waals surface area contributed by atoms with Crippen LogP contribution in [0.3, 0.4) is 0 Å². The van der Waals surface area contributed by atoms with Gasteiger partial charge in [-0.05, 0) is 220 Å². The predicted octanol–water partition coefficient (Wildman–Crippen LogP) is 16.6. The number of hydrogen-bond donors (Lipinski definition) is 11. The number of rotatable bonds is 15. The standard InChI is InChI=1S/C27H19N3O3.C27H23N3O3.C19H14BrN3O3.C19H15N3O3/c31-20-10-5-17(6-11-20)15-22-27(33)29-16-25(19-7-12-21(32)13-8-19)30-23-4-2-1-3-18(23)9-14-24(30)26(29)28-22;31-21-11-6-19(7-12-21)16-24-27(33)30-17-25(20-9-13-22(32)14-10-20)28-23(26(30)29-24)15-8-18-4-2-1-3-5-18;20-17-18-22-15(9-11-1-5-13(24)6-2-11)19(26)23(18)10-16(21-17)12-3-7-14(25)8-4-12;23-14-5-1-12(2-6-14)9-16-19(25)22-11-17(20-10-18(22)21-16)13-3-7-15(24)8-4-13/h1-14,16,31-32H,15H2;1-7,9-14,17,31-33H,8,15-16H2;1-8,10,24-26H,9H2;1-8,10-11,23-25H,9H2. The lowest BCUT2D eigenvalue weighted by atomic mass is 10.1. The molecule has 17 aromatic rings. The molecule has 2 aliphatic rings. The summed E-state index contributed by atoms with van der Waals surface area (Å²) in [6, 6.07) is 76.7. The first-order valence-electron chi connectivity index (χ1n) is 37.0. The van der Waals surface area contributed by atoms with Gasteiger partial charge in [0.25, 0.3) is 5.56 Å². The predicted molar refractivity (Wildman–Crippen MR) is 447 cm³/mol. The maximum Gasteiger partial charge on any atom is 0.278 e. The third-order valence-electron chi connectivity index (χ3n) is 19.8. The molecule has 9 heterocycles. The van der Waals surface area contributed by atoms with Crippen molar-refractivity contribution in [3.05, 3.63) is 363 Å². The smallest absolute Gasteiger partial charge is 0.278 e. The van der Waals surface area contributed by atoms with E-state index in [1.165, 1.54) is 5.56 Å². The van der Waals surface area contributed by atoms with E-state index in [0.29, 0.717) is 99.3 Å². The molecule has 24 nitrogen and oxygen atoms in total. The van der Waals surface area contributed by atoms with Crippen LogP contribution in [0.2, 0.25) is 0 Å². The van der Waals surface area contributed by atoms with E-state index in [1.54, 1.807) is 212 Å². The zero-order valence-corrected chi connectivity index (χ0v) is 63.6. The monoisotopic (exact) mass is 1610 g/mol. The second kappa shape index (κ2) is 32.7. The van der Waals surface area contributed by atoms with Gasteiger partial charge in [-0.25, -0.2) is 29.9 Å². The van der Waals surface area contributed by atoms with Crippen LogP contribution in [-0.2, 0) is 38.5 Å². The molecule has 0 bridgehead atoms. The molecule has 10 aromatic carbocycles. The third kappa shape index (κ3) is 16.6. The van der Waals surface area contributed by atoms with Crippen LogP contribution in [-0.4, -0.2) is 113 Å². The van der Waals surface area contributed by atoms with Gasteiger partial charge >= 0.3 is 0 Å². The first-order chi connectivity index (χ1) is 56.7. The molecule has 7 aromatic heterocycles. The first kappa shape index (κ1) is 75.5. The minimum absolute atomic E-state index is 0.0382. The van der Waals surface area contributed by atoms with Crippen molar-refractivity contribution in [1.29, 1.82) is 0 Å². The van der Waals surface area contributed by atoms with E-state index in [0.717, 1.165) is 78.7 Å². The second-order valence-corrected chi connectivity index (χ2v) is 28.5. The number of phenols is 8. The molecule has 0 atom stereocenters. The Morgan fingerprint density at radius 1 is 0.308 bits per heavy atom. The normalized spacial score (nSPS) is 11.2. The molecule has 0 fully saturated rings. The molecule has 0 unspecified atom stereocenters. The number of imidazole rings is 4. The SMILES string of the molecule is O=c1c(Cc2ccc(O)cc2)nc2c3ccc4ccccc4n3c(-c3ccc(O)cc3)cn1-2.Oc1ccc(Cc2nc3c(Br)nc(-c4ccc(O)cc4)cn3c2O)cc1.Oc1ccc(Cc2nc3c(CCc4ccccc4)nc(-c4ccc(O)cc4)cn3c2O)cc1.Oc1ccc(Cc2nc3cnc(-c4ccc(O)cc4)cn3c2O)cc1. The number of aromatic hydroxyl groups is 11. The van der Waals surface area contributed by atoms with Gasteiger partial charge in [0.15, 0.2) is 22.8 Å². The van der Waals surface area contributed by atoms with Crippen LogP contribution in [0, 0.1) is 0 Å². The Kier molecular flexibility index (Phi) is 21.1. The summed E-state index contributed by atoms with van der Waals surface area (Å²) in [6.45, 7) is 0. The van der Waals surface area contributed by atoms with Gasteiger partial charge in [0.1, 0.15) is 73.4 Å². The van der Waals surface area contributed by atoms with Gasteiger partial charge in [0, 0.05) is 72.7 Å². The Morgan fingerprint density at radius 3 is 1.21 bits per heavy atom. The van der Waals surface area contributed by atoms with Gasteiger partial charge in [0.2, 0.25) is 17.6 Å². The first-order valence-corrected chi connectivity index (χ1v) is 37.8. The number of benzene rings is 10. The van der Waals surface area contributed by atoms with Crippen LogP contribution >= 0.6 is 15.9 Å². The maximum absolute atomic E-state index is 13.3. The highest BCUT2D eigenvalue weighted by atomic mass is 79.9. The molecule has 2 aliphatic heterocycles. The molecular formula is C92H71BrN12O12. The summed E-state index contributed by atoms with van der Waals surface area (Å²) in [5, 5.41) is 109. The molecule has 19 rings (SSSR count). The minimum Gasteiger partial charge on any atom is -0.508 e. The Labute approximate surface area is 674 Å². The van der Waals surface area contributed by atoms with Crippen molar-refractivity contribution in [2.45, 2.75) is 38.5 Å². The molecule has 0 spiro atoms. The van der Waals surface area contributed by atoms with Crippen molar-refractivity contribution >= 4 is 49.3 Å². The van der Waals surface area contributed by atoms with Crippen LogP contribution in [0.1, 0.15) is 56.3 Å². The Hall–Kier alpha value is -15.5. The van der Waals surface area contributed by atoms with Gasteiger partial charge in [-0.2, -0.15) is 0 Å². The average molecular weight is 1620 g/mol. The second-order valence-electron chi connectivity index (χ2n) is 27.8. The average Bonchev–Trinajstić information content (AvgIpc) is 1.72. The van der Waals surface area contributed by atoms with E-state index >= 15 is 0 Å². The lowest BCUT2D eigenvalue weighted by Gasteiger charge is -2.17. The number of hydrogen-bond acceptors (Lipinski definition) is 19. The third-order valence-corrected chi connectivity index (χ3v) is 20.3. The molecule has 578 valence electrons. The molecule has 0 saturated carbocycles. The van der Waals surface area contributed by atoms with Crippen LogP contribution in [0.25, 0.3) is 84.2 Å². The summed E-state index contributed by atoms with van der Waals surface area (Å²) >= 11 is 3.41. The Bertz CT molecular complexity index is 6820. The van der Waals surface area contributed by atoms with E-state index < -0.39 is 0 Å². The molecule has 0 aliphatic carbocycles. The van der Waals surface area contributed by atoms with Crippen LogP contribution in [0.5, 0.6) is 63.6 Å². The van der Waals surface area contributed by atoms with Crippen molar-refractivity contribution in [3.8, 4) is 114 Å². The molecule has 0 amide bonds. The molecule has 25 heteroatoms. The van der Waals surface area contributed by atoms with Gasteiger partial charge in [-0.1, -0.05) is 103 Å². The number of halogens is 1. The largest absolute Gasteiger partial charge is 0.508 e. The lowest BCUT2D eigenvalue weighted by molar-refractivity contribution is 0.441. The molecule has 0 radical (unpaired) electrons. The van der Waals surface area contributed by atoms with Crippen LogP contribution in [0.4, 0.5) is 0 Å². The van der Waals surface area contributed by atoms with E-state index in [-0.39, 0.29) is 69.2 Å². The lowest BCUT2D eigenvalue weighted by Crippen LogP contribution is -2.17.